The van der Waals surface area contributed by atoms with E-state index >= 15 is 0 Å². The predicted molar refractivity (Wildman–Crippen MR) is 71.1 cm³/mol. The van der Waals surface area contributed by atoms with Gasteiger partial charge >= 0.3 is 0 Å². The average Bonchev–Trinajstić information content (AvgIpc) is 2.31. The van der Waals surface area contributed by atoms with Gasteiger partial charge in [-0.3, -0.25) is 0 Å². The number of nitrogen functional groups attached to an aromatic ring is 1. The molecule has 1 heterocycles. The van der Waals surface area contributed by atoms with Gasteiger partial charge in [-0.1, -0.05) is 29.3 Å². The lowest BCUT2D eigenvalue weighted by atomic mass is 10.00. The Morgan fingerprint density at radius 1 is 1.17 bits per heavy atom. The van der Waals surface area contributed by atoms with E-state index < -0.39 is 11.9 Å². The van der Waals surface area contributed by atoms with Gasteiger partial charge in [0.05, 0.1) is 11.1 Å². The number of halogens is 3. The van der Waals surface area contributed by atoms with Crippen molar-refractivity contribution in [2.45, 2.75) is 6.04 Å². The van der Waals surface area contributed by atoms with E-state index in [1.54, 1.807) is 6.07 Å². The Morgan fingerprint density at radius 3 is 2.56 bits per heavy atom. The average molecular weight is 286 g/mol. The van der Waals surface area contributed by atoms with Crippen LogP contribution in [-0.2, 0) is 0 Å². The van der Waals surface area contributed by atoms with Crippen molar-refractivity contribution in [2.75, 3.05) is 5.73 Å². The summed E-state index contributed by atoms with van der Waals surface area (Å²) in [4.78, 5) is 3.92. The highest BCUT2D eigenvalue weighted by Gasteiger charge is 2.16. The number of rotatable bonds is 2. The first-order valence-corrected chi connectivity index (χ1v) is 5.86. The molecule has 18 heavy (non-hydrogen) atoms. The topological polar surface area (TPSA) is 64.9 Å². The van der Waals surface area contributed by atoms with Crippen LogP contribution in [0.4, 0.5) is 10.2 Å². The molecule has 0 saturated heterocycles. The largest absolute Gasteiger partial charge is 0.383 e. The van der Waals surface area contributed by atoms with Crippen LogP contribution < -0.4 is 11.5 Å². The normalized spacial score (nSPS) is 12.4. The Hall–Kier alpha value is -1.36. The van der Waals surface area contributed by atoms with Crippen LogP contribution in [0.3, 0.4) is 0 Å². The molecule has 2 rings (SSSR count). The maximum Gasteiger partial charge on any atom is 0.128 e. The highest BCUT2D eigenvalue weighted by molar-refractivity contribution is 6.31. The third kappa shape index (κ3) is 2.56. The number of hydrogen-bond donors (Lipinski definition) is 2. The van der Waals surface area contributed by atoms with Crippen molar-refractivity contribution in [3.05, 3.63) is 57.5 Å². The summed E-state index contributed by atoms with van der Waals surface area (Å²) < 4.78 is 13.0. The van der Waals surface area contributed by atoms with Gasteiger partial charge in [0.25, 0.3) is 0 Å². The summed E-state index contributed by atoms with van der Waals surface area (Å²) in [6.07, 6.45) is 1.43. The zero-order valence-corrected chi connectivity index (χ0v) is 10.7. The van der Waals surface area contributed by atoms with Gasteiger partial charge in [-0.25, -0.2) is 9.37 Å². The van der Waals surface area contributed by atoms with E-state index in [9.17, 15) is 4.39 Å². The summed E-state index contributed by atoms with van der Waals surface area (Å²) in [6.45, 7) is 0. The summed E-state index contributed by atoms with van der Waals surface area (Å²) in [7, 11) is 0. The highest BCUT2D eigenvalue weighted by atomic mass is 35.5. The third-order valence-electron chi connectivity index (χ3n) is 2.55. The summed E-state index contributed by atoms with van der Waals surface area (Å²) in [6, 6.07) is 5.01. The van der Waals surface area contributed by atoms with E-state index in [0.717, 1.165) is 0 Å². The molecule has 4 N–H and O–H groups in total. The quantitative estimate of drug-likeness (QED) is 0.891. The van der Waals surface area contributed by atoms with Crippen molar-refractivity contribution in [2.24, 2.45) is 5.73 Å². The fourth-order valence-electron chi connectivity index (χ4n) is 1.64. The van der Waals surface area contributed by atoms with Crippen LogP contribution >= 0.6 is 23.2 Å². The van der Waals surface area contributed by atoms with Crippen LogP contribution in [0.15, 0.2) is 30.5 Å². The van der Waals surface area contributed by atoms with Crippen LogP contribution in [0.5, 0.6) is 0 Å². The second-order valence-corrected chi connectivity index (χ2v) is 4.62. The predicted octanol–water partition coefficient (Wildman–Crippen LogP) is 3.16. The monoisotopic (exact) mass is 285 g/mol. The minimum Gasteiger partial charge on any atom is -0.383 e. The number of hydrogen-bond acceptors (Lipinski definition) is 3. The van der Waals surface area contributed by atoms with Crippen LogP contribution in [-0.4, -0.2) is 4.98 Å². The second kappa shape index (κ2) is 5.10. The zero-order valence-electron chi connectivity index (χ0n) is 9.20. The molecular weight excluding hydrogens is 276 g/mol. The molecule has 2 aromatic rings. The molecule has 0 radical (unpaired) electrons. The molecule has 0 aliphatic carbocycles. The lowest BCUT2D eigenvalue weighted by Gasteiger charge is -2.16. The third-order valence-corrected chi connectivity index (χ3v) is 3.08. The van der Waals surface area contributed by atoms with Gasteiger partial charge < -0.3 is 11.5 Å². The fraction of sp³-hybridized carbons (Fsp3) is 0.0833. The molecular formula is C12H10Cl2FN3. The minimum atomic E-state index is -0.607. The summed E-state index contributed by atoms with van der Waals surface area (Å²) >= 11 is 11.8. The van der Waals surface area contributed by atoms with Crippen LogP contribution in [0.25, 0.3) is 0 Å². The van der Waals surface area contributed by atoms with Crippen molar-refractivity contribution in [1.82, 2.24) is 4.98 Å². The van der Waals surface area contributed by atoms with Gasteiger partial charge in [-0.2, -0.15) is 0 Å². The molecule has 94 valence electrons. The van der Waals surface area contributed by atoms with Crippen molar-refractivity contribution in [3.63, 3.8) is 0 Å². The van der Waals surface area contributed by atoms with Crippen molar-refractivity contribution >= 4 is 29.0 Å². The summed E-state index contributed by atoms with van der Waals surface area (Å²) in [5, 5.41) is 0.662. The Bertz CT molecular complexity index is 590. The molecule has 0 aliphatic heterocycles. The van der Waals surface area contributed by atoms with E-state index in [1.165, 1.54) is 24.4 Å². The number of aromatic nitrogens is 1. The van der Waals surface area contributed by atoms with E-state index in [0.29, 0.717) is 16.1 Å². The number of pyridine rings is 1. The molecule has 3 nitrogen and oxygen atoms in total. The fourth-order valence-corrected chi connectivity index (χ4v) is 2.09. The standard InChI is InChI=1S/C12H10Cl2FN3/c13-6-3-9(12(17)18-5-6)11(16)8-2-1-7(15)4-10(8)14/h1-5,11H,16H2,(H2,17,18). The highest BCUT2D eigenvalue weighted by Crippen LogP contribution is 2.30. The van der Waals surface area contributed by atoms with Gasteiger partial charge in [0, 0.05) is 16.8 Å². The van der Waals surface area contributed by atoms with E-state index in [2.05, 4.69) is 4.98 Å². The lowest BCUT2D eigenvalue weighted by molar-refractivity contribution is 0.626. The molecule has 1 aromatic carbocycles. The first-order chi connectivity index (χ1) is 8.49. The van der Waals surface area contributed by atoms with E-state index in [-0.39, 0.29) is 10.8 Å². The Morgan fingerprint density at radius 2 is 1.89 bits per heavy atom. The molecule has 1 aromatic heterocycles. The molecule has 0 fully saturated rings. The van der Waals surface area contributed by atoms with Gasteiger partial charge in [0.15, 0.2) is 0 Å². The van der Waals surface area contributed by atoms with Crippen molar-refractivity contribution in [3.8, 4) is 0 Å². The van der Waals surface area contributed by atoms with Gasteiger partial charge in [-0.05, 0) is 23.8 Å². The SMILES string of the molecule is Nc1ncc(Cl)cc1C(N)c1ccc(F)cc1Cl. The summed E-state index contributed by atoms with van der Waals surface area (Å²) in [5.74, 6) is -0.152. The maximum absolute atomic E-state index is 13.0. The smallest absolute Gasteiger partial charge is 0.128 e. The maximum atomic E-state index is 13.0. The molecule has 0 saturated carbocycles. The molecule has 1 unspecified atom stereocenters. The summed E-state index contributed by atoms with van der Waals surface area (Å²) in [5.41, 5.74) is 12.9. The molecule has 0 aliphatic rings. The molecule has 0 bridgehead atoms. The zero-order chi connectivity index (χ0) is 13.3. The van der Waals surface area contributed by atoms with E-state index in [4.69, 9.17) is 34.7 Å². The molecule has 0 spiro atoms. The number of nitrogens with two attached hydrogens (primary N) is 2. The first-order valence-electron chi connectivity index (χ1n) is 5.10. The molecule has 0 amide bonds. The lowest BCUT2D eigenvalue weighted by Crippen LogP contribution is -2.15. The van der Waals surface area contributed by atoms with Gasteiger partial charge in [0.2, 0.25) is 0 Å². The molecule has 1 atom stereocenters. The van der Waals surface area contributed by atoms with Crippen molar-refractivity contribution < 1.29 is 4.39 Å². The van der Waals surface area contributed by atoms with E-state index in [1.807, 2.05) is 0 Å². The number of anilines is 1. The Kier molecular flexibility index (Phi) is 3.71. The number of nitrogens with zero attached hydrogens (tertiary/aromatic N) is 1. The number of benzene rings is 1. The van der Waals surface area contributed by atoms with Gasteiger partial charge in [-0.15, -0.1) is 0 Å². The minimum absolute atomic E-state index is 0.238. The molecule has 6 heteroatoms. The second-order valence-electron chi connectivity index (χ2n) is 3.77. The van der Waals surface area contributed by atoms with Gasteiger partial charge in [0.1, 0.15) is 11.6 Å². The van der Waals surface area contributed by atoms with Crippen LogP contribution in [0.1, 0.15) is 17.2 Å². The van der Waals surface area contributed by atoms with Crippen LogP contribution in [0, 0.1) is 5.82 Å². The Balaban J connectivity index is 2.47. The Labute approximate surface area is 114 Å². The van der Waals surface area contributed by atoms with Crippen molar-refractivity contribution in [1.29, 1.82) is 0 Å². The van der Waals surface area contributed by atoms with Crippen LogP contribution in [0.2, 0.25) is 10.0 Å². The first kappa shape index (κ1) is 13.1.